The maximum absolute atomic E-state index is 5.29. The Labute approximate surface area is 134 Å². The fourth-order valence-corrected chi connectivity index (χ4v) is 2.17. The van der Waals surface area contributed by atoms with Crippen LogP contribution in [0, 0.1) is 0 Å². The summed E-state index contributed by atoms with van der Waals surface area (Å²) in [4.78, 5) is 4.33. The van der Waals surface area contributed by atoms with Crippen LogP contribution in [0.2, 0.25) is 0 Å². The Bertz CT molecular complexity index is 772. The summed E-state index contributed by atoms with van der Waals surface area (Å²) in [7, 11) is 3.22. The molecule has 3 aromatic rings. The van der Waals surface area contributed by atoms with Crippen molar-refractivity contribution in [2.24, 2.45) is 0 Å². The minimum Gasteiger partial charge on any atom is -0.493 e. The van der Waals surface area contributed by atoms with Gasteiger partial charge in [-0.1, -0.05) is 41.6 Å². The van der Waals surface area contributed by atoms with E-state index >= 15 is 0 Å². The highest BCUT2D eigenvalue weighted by Crippen LogP contribution is 2.27. The van der Waals surface area contributed by atoms with Gasteiger partial charge in [-0.25, -0.2) is 0 Å². The predicted molar refractivity (Wildman–Crippen MR) is 86.6 cm³/mol. The molecule has 1 aromatic heterocycles. The zero-order chi connectivity index (χ0) is 16.1. The van der Waals surface area contributed by atoms with Crippen LogP contribution in [0.4, 0.5) is 6.01 Å². The molecule has 0 fully saturated rings. The molecule has 1 N–H and O–H groups in total. The molecule has 3 rings (SSSR count). The van der Waals surface area contributed by atoms with Crippen LogP contribution in [0.15, 0.2) is 53.1 Å². The van der Waals surface area contributed by atoms with Gasteiger partial charge in [0.15, 0.2) is 11.5 Å². The van der Waals surface area contributed by atoms with Gasteiger partial charge in [-0.2, -0.15) is 4.98 Å². The van der Waals surface area contributed by atoms with Crippen molar-refractivity contribution in [2.75, 3.05) is 19.5 Å². The summed E-state index contributed by atoms with van der Waals surface area (Å²) >= 11 is 0. The van der Waals surface area contributed by atoms with Gasteiger partial charge in [-0.15, -0.1) is 0 Å². The van der Waals surface area contributed by atoms with Crippen LogP contribution in [0.1, 0.15) is 5.56 Å². The van der Waals surface area contributed by atoms with Crippen molar-refractivity contribution >= 4 is 6.01 Å². The number of benzene rings is 2. The molecule has 0 amide bonds. The number of hydrogen-bond donors (Lipinski definition) is 1. The largest absolute Gasteiger partial charge is 0.493 e. The van der Waals surface area contributed by atoms with E-state index in [1.54, 1.807) is 14.2 Å². The summed E-state index contributed by atoms with van der Waals surface area (Å²) in [5.74, 6) is 1.93. The fraction of sp³-hybridized carbons (Fsp3) is 0.176. The first-order valence-corrected chi connectivity index (χ1v) is 7.14. The number of nitrogens with zero attached hydrogens (tertiary/aromatic N) is 2. The summed E-state index contributed by atoms with van der Waals surface area (Å²) in [6.45, 7) is 0.538. The number of rotatable bonds is 6. The maximum Gasteiger partial charge on any atom is 0.322 e. The van der Waals surface area contributed by atoms with Crippen LogP contribution in [0.3, 0.4) is 0 Å². The van der Waals surface area contributed by atoms with Gasteiger partial charge in [0.1, 0.15) is 0 Å². The van der Waals surface area contributed by atoms with Gasteiger partial charge in [-0.05, 0) is 17.7 Å². The van der Waals surface area contributed by atoms with Crippen LogP contribution in [-0.4, -0.2) is 24.4 Å². The predicted octanol–water partition coefficient (Wildman–Crippen LogP) is 3.37. The molecule has 6 heteroatoms. The first-order valence-electron chi connectivity index (χ1n) is 7.14. The van der Waals surface area contributed by atoms with E-state index < -0.39 is 0 Å². The number of ether oxygens (including phenoxy) is 2. The van der Waals surface area contributed by atoms with E-state index in [0.717, 1.165) is 11.1 Å². The molecule has 0 saturated heterocycles. The second-order valence-corrected chi connectivity index (χ2v) is 4.83. The molecule has 0 radical (unpaired) electrons. The molecule has 0 unspecified atom stereocenters. The summed E-state index contributed by atoms with van der Waals surface area (Å²) in [5, 5.41) is 7.07. The Morgan fingerprint density at radius 3 is 2.52 bits per heavy atom. The van der Waals surface area contributed by atoms with Crippen LogP contribution in [0.5, 0.6) is 11.5 Å². The molecule has 0 aliphatic rings. The first-order chi connectivity index (χ1) is 11.3. The second kappa shape index (κ2) is 6.83. The van der Waals surface area contributed by atoms with Crippen LogP contribution in [-0.2, 0) is 6.54 Å². The molecule has 118 valence electrons. The van der Waals surface area contributed by atoms with Gasteiger partial charge in [-0.3, -0.25) is 0 Å². The SMILES string of the molecule is COc1ccc(CNc2nc(-c3ccccc3)no2)cc1OC. The number of methoxy groups -OCH3 is 2. The summed E-state index contributed by atoms with van der Waals surface area (Å²) in [6.07, 6.45) is 0. The quantitative estimate of drug-likeness (QED) is 0.752. The Hall–Kier alpha value is -3.02. The Morgan fingerprint density at radius 2 is 1.78 bits per heavy atom. The number of anilines is 1. The van der Waals surface area contributed by atoms with Gasteiger partial charge in [0, 0.05) is 12.1 Å². The number of hydrogen-bond acceptors (Lipinski definition) is 6. The molecule has 6 nitrogen and oxygen atoms in total. The minimum atomic E-state index is 0.374. The zero-order valence-corrected chi connectivity index (χ0v) is 12.9. The molecule has 0 aliphatic carbocycles. The zero-order valence-electron chi connectivity index (χ0n) is 12.9. The molecule has 0 saturated carbocycles. The third-order valence-electron chi connectivity index (χ3n) is 3.35. The summed E-state index contributed by atoms with van der Waals surface area (Å²) < 4.78 is 15.7. The average Bonchev–Trinajstić information content (AvgIpc) is 3.09. The highest BCUT2D eigenvalue weighted by atomic mass is 16.5. The first kappa shape index (κ1) is 14.9. The van der Waals surface area contributed by atoms with Gasteiger partial charge in [0.25, 0.3) is 0 Å². The molecule has 23 heavy (non-hydrogen) atoms. The average molecular weight is 311 g/mol. The molecule has 1 heterocycles. The standard InChI is InChI=1S/C17H17N3O3/c1-21-14-9-8-12(10-15(14)22-2)11-18-17-19-16(20-23-17)13-6-4-3-5-7-13/h3-10H,11H2,1-2H3,(H,18,19,20). The van der Waals surface area contributed by atoms with Gasteiger partial charge in [0.05, 0.1) is 14.2 Å². The Kier molecular flexibility index (Phi) is 4.42. The summed E-state index contributed by atoms with van der Waals surface area (Å²) in [6, 6.07) is 15.8. The van der Waals surface area contributed by atoms with E-state index in [1.807, 2.05) is 48.5 Å². The molecule has 0 aliphatic heterocycles. The van der Waals surface area contributed by atoms with Crippen molar-refractivity contribution in [3.8, 4) is 22.9 Å². The lowest BCUT2D eigenvalue weighted by molar-refractivity contribution is 0.354. The summed E-state index contributed by atoms with van der Waals surface area (Å²) in [5.41, 5.74) is 1.93. The van der Waals surface area contributed by atoms with Gasteiger partial charge in [0.2, 0.25) is 5.82 Å². The normalized spacial score (nSPS) is 10.3. The second-order valence-electron chi connectivity index (χ2n) is 4.83. The number of aromatic nitrogens is 2. The molecular weight excluding hydrogens is 294 g/mol. The lowest BCUT2D eigenvalue weighted by atomic mass is 10.2. The molecule has 0 bridgehead atoms. The van der Waals surface area contributed by atoms with Crippen LogP contribution < -0.4 is 14.8 Å². The van der Waals surface area contributed by atoms with E-state index in [-0.39, 0.29) is 0 Å². The monoisotopic (exact) mass is 311 g/mol. The van der Waals surface area contributed by atoms with Crippen molar-refractivity contribution in [3.63, 3.8) is 0 Å². The lowest BCUT2D eigenvalue weighted by Crippen LogP contribution is -2.00. The van der Waals surface area contributed by atoms with E-state index in [4.69, 9.17) is 14.0 Å². The van der Waals surface area contributed by atoms with Crippen LogP contribution in [0.25, 0.3) is 11.4 Å². The smallest absolute Gasteiger partial charge is 0.322 e. The molecular formula is C17H17N3O3. The fourth-order valence-electron chi connectivity index (χ4n) is 2.17. The van der Waals surface area contributed by atoms with E-state index in [1.165, 1.54) is 0 Å². The van der Waals surface area contributed by atoms with E-state index in [0.29, 0.717) is 29.9 Å². The third-order valence-corrected chi connectivity index (χ3v) is 3.35. The molecule has 0 atom stereocenters. The Balaban J connectivity index is 1.68. The van der Waals surface area contributed by atoms with Gasteiger partial charge < -0.3 is 19.3 Å². The minimum absolute atomic E-state index is 0.374. The van der Waals surface area contributed by atoms with Crippen molar-refractivity contribution < 1.29 is 14.0 Å². The van der Waals surface area contributed by atoms with Crippen molar-refractivity contribution in [2.45, 2.75) is 6.54 Å². The van der Waals surface area contributed by atoms with E-state index in [9.17, 15) is 0 Å². The topological polar surface area (TPSA) is 69.4 Å². The van der Waals surface area contributed by atoms with Crippen molar-refractivity contribution in [1.82, 2.24) is 10.1 Å². The van der Waals surface area contributed by atoms with Crippen molar-refractivity contribution in [3.05, 3.63) is 54.1 Å². The van der Waals surface area contributed by atoms with Gasteiger partial charge >= 0.3 is 6.01 Å². The number of nitrogens with one attached hydrogen (secondary N) is 1. The molecule has 2 aromatic carbocycles. The lowest BCUT2D eigenvalue weighted by Gasteiger charge is -2.09. The van der Waals surface area contributed by atoms with Crippen LogP contribution >= 0.6 is 0 Å². The van der Waals surface area contributed by atoms with Crippen molar-refractivity contribution in [1.29, 1.82) is 0 Å². The highest BCUT2D eigenvalue weighted by molar-refractivity contribution is 5.55. The third kappa shape index (κ3) is 3.42. The highest BCUT2D eigenvalue weighted by Gasteiger charge is 2.09. The Morgan fingerprint density at radius 1 is 1.00 bits per heavy atom. The van der Waals surface area contributed by atoms with E-state index in [2.05, 4.69) is 15.5 Å². The molecule has 0 spiro atoms. The maximum atomic E-state index is 5.29.